The molecular formula is C18H28N2. The molecule has 1 N–H and O–H groups in total. The van der Waals surface area contributed by atoms with Crippen molar-refractivity contribution in [3.63, 3.8) is 0 Å². The molecule has 1 aromatic rings. The van der Waals surface area contributed by atoms with Crippen LogP contribution in [-0.4, -0.2) is 24.0 Å². The number of benzene rings is 1. The fraction of sp³-hybridized carbons (Fsp3) is 0.667. The van der Waals surface area contributed by atoms with Crippen LogP contribution in [0.1, 0.15) is 51.0 Å². The highest BCUT2D eigenvalue weighted by molar-refractivity contribution is 5.52. The van der Waals surface area contributed by atoms with Crippen LogP contribution < -0.4 is 5.32 Å². The van der Waals surface area contributed by atoms with Gasteiger partial charge in [-0.15, -0.1) is 0 Å². The van der Waals surface area contributed by atoms with Crippen LogP contribution in [0.15, 0.2) is 24.3 Å². The van der Waals surface area contributed by atoms with Crippen molar-refractivity contribution >= 4 is 5.69 Å². The second-order valence-electron chi connectivity index (χ2n) is 6.65. The van der Waals surface area contributed by atoms with Gasteiger partial charge in [0.1, 0.15) is 0 Å². The molecule has 0 amide bonds. The van der Waals surface area contributed by atoms with E-state index in [-0.39, 0.29) is 0 Å². The molecule has 2 heteroatoms. The minimum absolute atomic E-state index is 0.670. The summed E-state index contributed by atoms with van der Waals surface area (Å²) in [4.78, 5) is 2.59. The van der Waals surface area contributed by atoms with E-state index in [0.29, 0.717) is 6.04 Å². The molecule has 0 spiro atoms. The molecule has 2 unspecified atom stereocenters. The number of likely N-dealkylation sites (tertiary alicyclic amines) is 1. The van der Waals surface area contributed by atoms with E-state index in [1.54, 1.807) is 0 Å². The lowest BCUT2D eigenvalue weighted by molar-refractivity contribution is 0.330. The second-order valence-corrected chi connectivity index (χ2v) is 6.65. The lowest BCUT2D eigenvalue weighted by Crippen LogP contribution is -2.31. The maximum atomic E-state index is 3.85. The highest BCUT2D eigenvalue weighted by Crippen LogP contribution is 2.28. The number of para-hydroxylation sites is 1. The van der Waals surface area contributed by atoms with Crippen LogP contribution in [-0.2, 0) is 6.54 Å². The Morgan fingerprint density at radius 1 is 1.05 bits per heavy atom. The molecule has 2 aliphatic rings. The van der Waals surface area contributed by atoms with Crippen molar-refractivity contribution < 1.29 is 0 Å². The molecule has 20 heavy (non-hydrogen) atoms. The quantitative estimate of drug-likeness (QED) is 0.880. The van der Waals surface area contributed by atoms with E-state index in [1.165, 1.54) is 62.9 Å². The van der Waals surface area contributed by atoms with Crippen LogP contribution in [0.3, 0.4) is 0 Å². The van der Waals surface area contributed by atoms with E-state index in [0.717, 1.165) is 12.5 Å². The van der Waals surface area contributed by atoms with E-state index >= 15 is 0 Å². The number of nitrogens with zero attached hydrogens (tertiary/aromatic N) is 1. The van der Waals surface area contributed by atoms with Gasteiger partial charge in [-0.05, 0) is 56.3 Å². The van der Waals surface area contributed by atoms with Gasteiger partial charge >= 0.3 is 0 Å². The maximum absolute atomic E-state index is 3.85. The predicted molar refractivity (Wildman–Crippen MR) is 86.0 cm³/mol. The molecule has 2 fully saturated rings. The third-order valence-electron chi connectivity index (χ3n) is 5.06. The Kier molecular flexibility index (Phi) is 4.62. The number of rotatable bonds is 4. The first-order valence-electron chi connectivity index (χ1n) is 8.40. The third-order valence-corrected chi connectivity index (χ3v) is 5.06. The molecule has 1 saturated carbocycles. The second kappa shape index (κ2) is 6.62. The fourth-order valence-electron chi connectivity index (χ4n) is 3.71. The summed E-state index contributed by atoms with van der Waals surface area (Å²) in [7, 11) is 0. The van der Waals surface area contributed by atoms with Gasteiger partial charge < -0.3 is 5.32 Å². The van der Waals surface area contributed by atoms with Crippen LogP contribution in [0.5, 0.6) is 0 Å². The zero-order valence-electron chi connectivity index (χ0n) is 12.8. The van der Waals surface area contributed by atoms with Gasteiger partial charge in [0.25, 0.3) is 0 Å². The zero-order valence-corrected chi connectivity index (χ0v) is 12.8. The maximum Gasteiger partial charge on any atom is 0.0388 e. The molecule has 1 aliphatic heterocycles. The van der Waals surface area contributed by atoms with Crippen molar-refractivity contribution in [2.45, 2.75) is 58.0 Å². The summed E-state index contributed by atoms with van der Waals surface area (Å²) in [5.74, 6) is 0.809. The highest BCUT2D eigenvalue weighted by Gasteiger charge is 2.22. The standard InChI is InChI=1S/C18H28N2/c1-15-8-2-4-10-17(15)19-18-11-5-3-9-16(18)14-20-12-6-7-13-20/h3,5,9,11,15,17,19H,2,4,6-8,10,12-14H2,1H3. The van der Waals surface area contributed by atoms with Gasteiger partial charge in [0.15, 0.2) is 0 Å². The molecular weight excluding hydrogens is 244 g/mol. The molecule has 2 atom stereocenters. The number of anilines is 1. The van der Waals surface area contributed by atoms with Crippen molar-refractivity contribution in [2.24, 2.45) is 5.92 Å². The Hall–Kier alpha value is -1.02. The Balaban J connectivity index is 1.68. The average Bonchev–Trinajstić information content (AvgIpc) is 2.96. The summed E-state index contributed by atoms with van der Waals surface area (Å²) in [6.07, 6.45) is 8.25. The topological polar surface area (TPSA) is 15.3 Å². The average molecular weight is 272 g/mol. The first-order valence-corrected chi connectivity index (χ1v) is 8.40. The van der Waals surface area contributed by atoms with E-state index in [2.05, 4.69) is 41.4 Å². The van der Waals surface area contributed by atoms with E-state index in [4.69, 9.17) is 0 Å². The Morgan fingerprint density at radius 2 is 1.80 bits per heavy atom. The third kappa shape index (κ3) is 3.35. The van der Waals surface area contributed by atoms with Crippen molar-refractivity contribution in [1.82, 2.24) is 4.90 Å². The summed E-state index contributed by atoms with van der Waals surface area (Å²) >= 11 is 0. The number of hydrogen-bond acceptors (Lipinski definition) is 2. The van der Waals surface area contributed by atoms with Crippen molar-refractivity contribution in [1.29, 1.82) is 0 Å². The molecule has 2 nitrogen and oxygen atoms in total. The molecule has 0 radical (unpaired) electrons. The lowest BCUT2D eigenvalue weighted by Gasteiger charge is -2.31. The minimum Gasteiger partial charge on any atom is -0.382 e. The Morgan fingerprint density at radius 3 is 2.60 bits per heavy atom. The number of nitrogens with one attached hydrogen (secondary N) is 1. The molecule has 3 rings (SSSR count). The highest BCUT2D eigenvalue weighted by atomic mass is 15.1. The van der Waals surface area contributed by atoms with Crippen molar-refractivity contribution in [3.8, 4) is 0 Å². The molecule has 0 bridgehead atoms. The summed E-state index contributed by atoms with van der Waals surface area (Å²) in [5.41, 5.74) is 2.85. The largest absolute Gasteiger partial charge is 0.382 e. The summed E-state index contributed by atoms with van der Waals surface area (Å²) in [5, 5.41) is 3.85. The molecule has 1 aliphatic carbocycles. The minimum atomic E-state index is 0.670. The monoisotopic (exact) mass is 272 g/mol. The van der Waals surface area contributed by atoms with Crippen LogP contribution in [0.2, 0.25) is 0 Å². The first-order chi connectivity index (χ1) is 9.83. The van der Waals surface area contributed by atoms with Gasteiger partial charge in [0.05, 0.1) is 0 Å². The molecule has 110 valence electrons. The molecule has 1 saturated heterocycles. The zero-order chi connectivity index (χ0) is 13.8. The van der Waals surface area contributed by atoms with Gasteiger partial charge in [-0.1, -0.05) is 38.0 Å². The van der Waals surface area contributed by atoms with Crippen molar-refractivity contribution in [2.75, 3.05) is 18.4 Å². The van der Waals surface area contributed by atoms with Gasteiger partial charge in [-0.3, -0.25) is 4.90 Å². The SMILES string of the molecule is CC1CCCCC1Nc1ccccc1CN1CCCC1. The first kappa shape index (κ1) is 13.9. The lowest BCUT2D eigenvalue weighted by atomic mass is 9.85. The van der Waals surface area contributed by atoms with E-state index in [1.807, 2.05) is 0 Å². The summed E-state index contributed by atoms with van der Waals surface area (Å²) < 4.78 is 0. The Labute approximate surface area is 123 Å². The normalized spacial score (nSPS) is 27.6. The molecule has 0 aromatic heterocycles. The van der Waals surface area contributed by atoms with Gasteiger partial charge in [0, 0.05) is 18.3 Å². The van der Waals surface area contributed by atoms with Crippen molar-refractivity contribution in [3.05, 3.63) is 29.8 Å². The summed E-state index contributed by atoms with van der Waals surface area (Å²) in [6.45, 7) is 6.06. The van der Waals surface area contributed by atoms with Gasteiger partial charge in [0.2, 0.25) is 0 Å². The van der Waals surface area contributed by atoms with E-state index in [9.17, 15) is 0 Å². The van der Waals surface area contributed by atoms with Crippen LogP contribution in [0, 0.1) is 5.92 Å². The fourth-order valence-corrected chi connectivity index (χ4v) is 3.71. The van der Waals surface area contributed by atoms with Crippen LogP contribution >= 0.6 is 0 Å². The van der Waals surface area contributed by atoms with E-state index < -0.39 is 0 Å². The summed E-state index contributed by atoms with van der Waals surface area (Å²) in [6, 6.07) is 9.59. The molecule has 1 aromatic carbocycles. The molecule has 1 heterocycles. The Bertz CT molecular complexity index is 423. The van der Waals surface area contributed by atoms with Gasteiger partial charge in [-0.25, -0.2) is 0 Å². The number of hydrogen-bond donors (Lipinski definition) is 1. The van der Waals surface area contributed by atoms with Crippen LogP contribution in [0.25, 0.3) is 0 Å². The predicted octanol–water partition coefficient (Wildman–Crippen LogP) is 4.27. The van der Waals surface area contributed by atoms with Gasteiger partial charge in [-0.2, -0.15) is 0 Å². The smallest absolute Gasteiger partial charge is 0.0388 e. The van der Waals surface area contributed by atoms with Crippen LogP contribution in [0.4, 0.5) is 5.69 Å².